The van der Waals surface area contributed by atoms with Crippen LogP contribution in [0.5, 0.6) is 0 Å². The predicted molar refractivity (Wildman–Crippen MR) is 133 cm³/mol. The quantitative estimate of drug-likeness (QED) is 0.505. The van der Waals surface area contributed by atoms with Crippen molar-refractivity contribution in [2.75, 3.05) is 11.9 Å². The Bertz CT molecular complexity index is 1120. The monoisotopic (exact) mass is 446 g/mol. The number of imidazole rings is 1. The average Bonchev–Trinajstić information content (AvgIpc) is 3.17. The number of nitrogens with one attached hydrogen (secondary N) is 1. The molecule has 33 heavy (non-hydrogen) atoms. The van der Waals surface area contributed by atoms with Crippen LogP contribution in [0, 0.1) is 19.8 Å². The summed E-state index contributed by atoms with van der Waals surface area (Å²) in [7, 11) is 0. The normalized spacial score (nSPS) is 11.2. The summed E-state index contributed by atoms with van der Waals surface area (Å²) in [6.07, 6.45) is 2.35. The molecule has 2 amide bonds. The highest BCUT2D eigenvalue weighted by Gasteiger charge is 2.22. The number of benzene rings is 2. The van der Waals surface area contributed by atoms with Gasteiger partial charge >= 0.3 is 0 Å². The van der Waals surface area contributed by atoms with Gasteiger partial charge in [0, 0.05) is 29.9 Å². The molecule has 0 saturated heterocycles. The van der Waals surface area contributed by atoms with E-state index in [1.165, 1.54) is 5.56 Å². The van der Waals surface area contributed by atoms with Crippen molar-refractivity contribution >= 4 is 17.8 Å². The molecule has 3 aromatic rings. The summed E-state index contributed by atoms with van der Waals surface area (Å²) in [5, 5.41) is 2.95. The van der Waals surface area contributed by atoms with Crippen LogP contribution in [0.2, 0.25) is 0 Å². The van der Waals surface area contributed by atoms with E-state index in [4.69, 9.17) is 4.98 Å². The lowest BCUT2D eigenvalue weighted by atomic mass is 10.1. The van der Waals surface area contributed by atoms with Gasteiger partial charge in [-0.1, -0.05) is 50.2 Å². The number of hydrogen-bond acceptors (Lipinski definition) is 3. The molecule has 6 nitrogen and oxygen atoms in total. The molecular formula is C27H34N4O2. The van der Waals surface area contributed by atoms with Crippen molar-refractivity contribution in [2.24, 2.45) is 5.92 Å². The Morgan fingerprint density at radius 1 is 1.00 bits per heavy atom. The van der Waals surface area contributed by atoms with Crippen molar-refractivity contribution in [1.82, 2.24) is 14.5 Å². The fourth-order valence-electron chi connectivity index (χ4n) is 3.63. The van der Waals surface area contributed by atoms with E-state index >= 15 is 0 Å². The van der Waals surface area contributed by atoms with Crippen molar-refractivity contribution in [3.8, 4) is 16.9 Å². The molecule has 174 valence electrons. The summed E-state index contributed by atoms with van der Waals surface area (Å²) < 4.78 is 1.89. The van der Waals surface area contributed by atoms with E-state index < -0.39 is 0 Å². The van der Waals surface area contributed by atoms with E-state index in [-0.39, 0.29) is 30.3 Å². The number of aryl methyl sites for hydroxylation is 2. The SMILES string of the molecule is Cc1ccc(-n2cc(-c3ccccc3)nc2NC(=O)CN(C(=O)CC(C)C)C(C)C)cc1C. The first-order valence-corrected chi connectivity index (χ1v) is 11.5. The number of amides is 2. The highest BCUT2D eigenvalue weighted by Crippen LogP contribution is 2.25. The molecule has 0 aliphatic carbocycles. The van der Waals surface area contributed by atoms with Crippen LogP contribution in [0.25, 0.3) is 16.9 Å². The molecule has 0 bridgehead atoms. The first kappa shape index (κ1) is 24.2. The molecule has 0 radical (unpaired) electrons. The summed E-state index contributed by atoms with van der Waals surface area (Å²) in [5.74, 6) is 0.384. The van der Waals surface area contributed by atoms with Crippen LogP contribution in [-0.4, -0.2) is 38.9 Å². The van der Waals surface area contributed by atoms with Crippen LogP contribution >= 0.6 is 0 Å². The Hall–Kier alpha value is -3.41. The molecule has 0 atom stereocenters. The second-order valence-electron chi connectivity index (χ2n) is 9.22. The van der Waals surface area contributed by atoms with Crippen molar-refractivity contribution in [1.29, 1.82) is 0 Å². The van der Waals surface area contributed by atoms with Gasteiger partial charge in [-0.25, -0.2) is 4.98 Å². The smallest absolute Gasteiger partial charge is 0.246 e. The predicted octanol–water partition coefficient (Wildman–Crippen LogP) is 5.38. The highest BCUT2D eigenvalue weighted by molar-refractivity contribution is 5.94. The van der Waals surface area contributed by atoms with E-state index in [2.05, 4.69) is 31.3 Å². The maximum Gasteiger partial charge on any atom is 0.246 e. The summed E-state index contributed by atoms with van der Waals surface area (Å²) >= 11 is 0. The van der Waals surface area contributed by atoms with Crippen LogP contribution in [0.4, 0.5) is 5.95 Å². The van der Waals surface area contributed by atoms with E-state index in [1.807, 2.05) is 74.9 Å². The molecule has 0 aliphatic heterocycles. The van der Waals surface area contributed by atoms with E-state index in [0.717, 1.165) is 22.5 Å². The van der Waals surface area contributed by atoms with Crippen LogP contribution in [0.15, 0.2) is 54.7 Å². The number of rotatable bonds is 8. The number of hydrogen-bond donors (Lipinski definition) is 1. The van der Waals surface area contributed by atoms with Gasteiger partial charge in [0.2, 0.25) is 17.8 Å². The van der Waals surface area contributed by atoms with Crippen molar-refractivity contribution in [3.63, 3.8) is 0 Å². The van der Waals surface area contributed by atoms with Crippen LogP contribution in [0.3, 0.4) is 0 Å². The minimum Gasteiger partial charge on any atom is -0.331 e. The number of carbonyl (C=O) groups excluding carboxylic acids is 2. The topological polar surface area (TPSA) is 67.2 Å². The fraction of sp³-hybridized carbons (Fsp3) is 0.370. The molecular weight excluding hydrogens is 412 g/mol. The van der Waals surface area contributed by atoms with Crippen LogP contribution < -0.4 is 5.32 Å². The molecule has 0 saturated carbocycles. The van der Waals surface area contributed by atoms with Gasteiger partial charge in [-0.05, 0) is 56.9 Å². The number of aromatic nitrogens is 2. The average molecular weight is 447 g/mol. The van der Waals surface area contributed by atoms with E-state index in [0.29, 0.717) is 12.4 Å². The molecule has 0 unspecified atom stereocenters. The third-order valence-electron chi connectivity index (χ3n) is 5.64. The molecule has 1 N–H and O–H groups in total. The van der Waals surface area contributed by atoms with Crippen molar-refractivity contribution < 1.29 is 9.59 Å². The zero-order chi connectivity index (χ0) is 24.1. The van der Waals surface area contributed by atoms with Gasteiger partial charge in [-0.3, -0.25) is 19.5 Å². The lowest BCUT2D eigenvalue weighted by Gasteiger charge is -2.27. The Kier molecular flexibility index (Phi) is 7.69. The molecule has 6 heteroatoms. The van der Waals surface area contributed by atoms with Gasteiger partial charge in [0.05, 0.1) is 5.69 Å². The van der Waals surface area contributed by atoms with Gasteiger partial charge in [-0.2, -0.15) is 0 Å². The molecule has 1 heterocycles. The first-order chi connectivity index (χ1) is 15.7. The third kappa shape index (κ3) is 6.09. The fourth-order valence-corrected chi connectivity index (χ4v) is 3.63. The minimum absolute atomic E-state index is 0.0102. The van der Waals surface area contributed by atoms with Crippen molar-refractivity contribution in [2.45, 2.75) is 54.0 Å². The van der Waals surface area contributed by atoms with Gasteiger partial charge in [0.15, 0.2) is 0 Å². The molecule has 0 fully saturated rings. The number of nitrogens with zero attached hydrogens (tertiary/aromatic N) is 3. The number of carbonyl (C=O) groups is 2. The molecule has 0 spiro atoms. The summed E-state index contributed by atoms with van der Waals surface area (Å²) in [6, 6.07) is 15.9. The number of anilines is 1. The Morgan fingerprint density at radius 2 is 1.70 bits per heavy atom. The molecule has 1 aromatic heterocycles. The van der Waals surface area contributed by atoms with Crippen LogP contribution in [0.1, 0.15) is 45.2 Å². The lowest BCUT2D eigenvalue weighted by molar-refractivity contribution is -0.137. The van der Waals surface area contributed by atoms with Gasteiger partial charge in [0.1, 0.15) is 6.54 Å². The van der Waals surface area contributed by atoms with E-state index in [1.54, 1.807) is 4.90 Å². The maximum absolute atomic E-state index is 13.0. The second-order valence-corrected chi connectivity index (χ2v) is 9.22. The summed E-state index contributed by atoms with van der Waals surface area (Å²) in [4.78, 5) is 32.0. The molecule has 3 rings (SSSR count). The Morgan fingerprint density at radius 3 is 2.30 bits per heavy atom. The summed E-state index contributed by atoms with van der Waals surface area (Å²) in [6.45, 7) is 12.0. The molecule has 0 aliphatic rings. The van der Waals surface area contributed by atoms with E-state index in [9.17, 15) is 9.59 Å². The second kappa shape index (κ2) is 10.5. The van der Waals surface area contributed by atoms with Gasteiger partial charge in [0.25, 0.3) is 0 Å². The Labute approximate surface area is 196 Å². The zero-order valence-corrected chi connectivity index (χ0v) is 20.4. The van der Waals surface area contributed by atoms with Gasteiger partial charge in [-0.15, -0.1) is 0 Å². The van der Waals surface area contributed by atoms with Gasteiger partial charge < -0.3 is 4.90 Å². The third-order valence-corrected chi connectivity index (χ3v) is 5.64. The Balaban J connectivity index is 1.92. The first-order valence-electron chi connectivity index (χ1n) is 11.5. The zero-order valence-electron chi connectivity index (χ0n) is 20.4. The highest BCUT2D eigenvalue weighted by atomic mass is 16.2. The maximum atomic E-state index is 13.0. The largest absolute Gasteiger partial charge is 0.331 e. The van der Waals surface area contributed by atoms with Crippen molar-refractivity contribution in [3.05, 3.63) is 65.9 Å². The summed E-state index contributed by atoms with van der Waals surface area (Å²) in [5.41, 5.74) is 5.00. The lowest BCUT2D eigenvalue weighted by Crippen LogP contribution is -2.43. The standard InChI is InChI=1S/C27H34N4O2/c1-18(2)14-26(33)30(19(3)4)17-25(32)29-27-28-24(22-10-8-7-9-11-22)16-31(27)23-13-12-20(5)21(6)15-23/h7-13,15-16,18-19H,14,17H2,1-6H3,(H,28,29,32). The minimum atomic E-state index is -0.267. The molecule has 2 aromatic carbocycles. The van der Waals surface area contributed by atoms with Crippen LogP contribution in [-0.2, 0) is 9.59 Å².